The first kappa shape index (κ1) is 12.2. The van der Waals surface area contributed by atoms with Gasteiger partial charge in [0.15, 0.2) is 5.82 Å². The van der Waals surface area contributed by atoms with Crippen molar-refractivity contribution < 1.29 is 4.74 Å². The van der Waals surface area contributed by atoms with Crippen molar-refractivity contribution >= 4 is 5.82 Å². The molecular weight excluding hydrogens is 218 g/mol. The molecular formula is C11H19N5O. The maximum absolute atomic E-state index is 5.34. The number of hydrogen-bond donors (Lipinski definition) is 2. The topological polar surface area (TPSA) is 76.3 Å². The van der Waals surface area contributed by atoms with Crippen molar-refractivity contribution in [2.75, 3.05) is 25.6 Å². The summed E-state index contributed by atoms with van der Waals surface area (Å²) < 4.78 is 5.34. The van der Waals surface area contributed by atoms with Gasteiger partial charge in [-0.05, 0) is 12.8 Å². The summed E-state index contributed by atoms with van der Waals surface area (Å²) in [5.74, 6) is 5.83. The van der Waals surface area contributed by atoms with Gasteiger partial charge in [-0.15, -0.1) is 0 Å². The highest BCUT2D eigenvalue weighted by atomic mass is 16.5. The fraction of sp³-hybridized carbons (Fsp3) is 0.636. The number of nitrogens with zero attached hydrogens (tertiary/aromatic N) is 3. The van der Waals surface area contributed by atoms with Gasteiger partial charge < -0.3 is 10.2 Å². The number of methoxy groups -OCH3 is 1. The lowest BCUT2D eigenvalue weighted by molar-refractivity contribution is 0.0385. The Hall–Kier alpha value is -1.24. The number of piperidine rings is 1. The molecule has 2 heterocycles. The molecule has 6 heteroatoms. The third kappa shape index (κ3) is 3.36. The van der Waals surface area contributed by atoms with Crippen molar-refractivity contribution in [2.45, 2.75) is 25.5 Å². The van der Waals surface area contributed by atoms with E-state index in [2.05, 4.69) is 20.3 Å². The van der Waals surface area contributed by atoms with Crippen LogP contribution in [0.5, 0.6) is 0 Å². The van der Waals surface area contributed by atoms with E-state index in [4.69, 9.17) is 10.6 Å². The van der Waals surface area contributed by atoms with Gasteiger partial charge in [-0.1, -0.05) is 0 Å². The van der Waals surface area contributed by atoms with E-state index in [-0.39, 0.29) is 0 Å². The Labute approximate surface area is 101 Å². The normalized spacial score (nSPS) is 18.2. The minimum atomic E-state index is 0.418. The second kappa shape index (κ2) is 5.90. The number of rotatable bonds is 4. The third-order valence-corrected chi connectivity index (χ3v) is 3.11. The molecule has 0 saturated carbocycles. The number of nitrogens with one attached hydrogen (secondary N) is 1. The molecule has 0 unspecified atom stereocenters. The molecule has 1 aliphatic rings. The van der Waals surface area contributed by atoms with Gasteiger partial charge in [0.2, 0.25) is 0 Å². The van der Waals surface area contributed by atoms with Crippen LogP contribution < -0.4 is 11.3 Å². The lowest BCUT2D eigenvalue weighted by atomic mass is 10.1. The highest BCUT2D eigenvalue weighted by molar-refractivity contribution is 5.28. The van der Waals surface area contributed by atoms with E-state index < -0.39 is 0 Å². The average molecular weight is 237 g/mol. The van der Waals surface area contributed by atoms with Crippen LogP contribution in [0.1, 0.15) is 18.5 Å². The highest BCUT2D eigenvalue weighted by Crippen LogP contribution is 2.14. The molecule has 0 radical (unpaired) electrons. The van der Waals surface area contributed by atoms with E-state index >= 15 is 0 Å². The standard InChI is InChI=1S/C11H19N5O/c1-17-10-2-4-16(5-3-10)8-9-6-14-11(15-12)7-13-9/h6-7,10H,2-5,8,12H2,1H3,(H,14,15). The largest absolute Gasteiger partial charge is 0.381 e. The van der Waals surface area contributed by atoms with E-state index in [1.807, 2.05) is 0 Å². The maximum atomic E-state index is 5.34. The van der Waals surface area contributed by atoms with Crippen LogP contribution in [-0.2, 0) is 11.3 Å². The highest BCUT2D eigenvalue weighted by Gasteiger charge is 2.18. The molecule has 1 saturated heterocycles. The maximum Gasteiger partial charge on any atom is 0.158 e. The molecule has 3 N–H and O–H groups in total. The molecule has 1 fully saturated rings. The van der Waals surface area contributed by atoms with Gasteiger partial charge >= 0.3 is 0 Å². The molecule has 94 valence electrons. The molecule has 0 aliphatic carbocycles. The van der Waals surface area contributed by atoms with E-state index in [0.29, 0.717) is 11.9 Å². The zero-order valence-electron chi connectivity index (χ0n) is 10.1. The first-order valence-electron chi connectivity index (χ1n) is 5.84. The molecule has 17 heavy (non-hydrogen) atoms. The summed E-state index contributed by atoms with van der Waals surface area (Å²) in [6.07, 6.45) is 6.01. The zero-order valence-corrected chi connectivity index (χ0v) is 10.1. The van der Waals surface area contributed by atoms with Crippen LogP contribution in [0.2, 0.25) is 0 Å². The number of ether oxygens (including phenoxy) is 1. The molecule has 0 atom stereocenters. The van der Waals surface area contributed by atoms with Crippen LogP contribution in [0.4, 0.5) is 5.82 Å². The summed E-state index contributed by atoms with van der Waals surface area (Å²) >= 11 is 0. The average Bonchev–Trinajstić information content (AvgIpc) is 2.40. The molecule has 1 aromatic rings. The van der Waals surface area contributed by atoms with Gasteiger partial charge in [0.25, 0.3) is 0 Å². The van der Waals surface area contributed by atoms with E-state index in [0.717, 1.165) is 38.2 Å². The number of aromatic nitrogens is 2. The van der Waals surface area contributed by atoms with Gasteiger partial charge in [-0.3, -0.25) is 9.88 Å². The van der Waals surface area contributed by atoms with Crippen molar-refractivity contribution in [2.24, 2.45) is 5.84 Å². The van der Waals surface area contributed by atoms with E-state index in [1.54, 1.807) is 19.5 Å². The summed E-state index contributed by atoms with van der Waals surface area (Å²) in [5.41, 5.74) is 3.44. The first-order chi connectivity index (χ1) is 8.31. The Bertz CT molecular complexity index is 334. The fourth-order valence-corrected chi connectivity index (χ4v) is 2.04. The van der Waals surface area contributed by atoms with Gasteiger partial charge in [0.1, 0.15) is 0 Å². The van der Waals surface area contributed by atoms with Crippen LogP contribution in [0, 0.1) is 0 Å². The Balaban J connectivity index is 1.84. The predicted molar refractivity (Wildman–Crippen MR) is 65.2 cm³/mol. The lowest BCUT2D eigenvalue weighted by Gasteiger charge is -2.30. The molecule has 6 nitrogen and oxygen atoms in total. The van der Waals surface area contributed by atoms with Crippen molar-refractivity contribution in [3.63, 3.8) is 0 Å². The molecule has 0 spiro atoms. The predicted octanol–water partition coefficient (Wildman–Crippen LogP) is 0.373. The summed E-state index contributed by atoms with van der Waals surface area (Å²) in [6, 6.07) is 0. The smallest absolute Gasteiger partial charge is 0.158 e. The van der Waals surface area contributed by atoms with Crippen LogP contribution >= 0.6 is 0 Å². The van der Waals surface area contributed by atoms with Gasteiger partial charge in [-0.2, -0.15) is 0 Å². The summed E-state index contributed by atoms with van der Waals surface area (Å²) in [7, 11) is 1.78. The van der Waals surface area contributed by atoms with Gasteiger partial charge in [0.05, 0.1) is 24.2 Å². The SMILES string of the molecule is COC1CCN(Cc2cnc(NN)cn2)CC1. The quantitative estimate of drug-likeness (QED) is 0.582. The number of nitrogens with two attached hydrogens (primary N) is 1. The summed E-state index contributed by atoms with van der Waals surface area (Å²) in [6.45, 7) is 2.95. The molecule has 2 rings (SSSR count). The number of hydrazine groups is 1. The zero-order chi connectivity index (χ0) is 12.1. The monoisotopic (exact) mass is 237 g/mol. The molecule has 1 aliphatic heterocycles. The number of anilines is 1. The Morgan fingerprint density at radius 1 is 1.41 bits per heavy atom. The molecule has 0 aromatic carbocycles. The number of nitrogen functional groups attached to an aromatic ring is 1. The van der Waals surface area contributed by atoms with Crippen molar-refractivity contribution in [1.29, 1.82) is 0 Å². The van der Waals surface area contributed by atoms with Crippen LogP contribution in [-0.4, -0.2) is 41.2 Å². The minimum absolute atomic E-state index is 0.418. The van der Waals surface area contributed by atoms with Crippen molar-refractivity contribution in [3.8, 4) is 0 Å². The van der Waals surface area contributed by atoms with Gasteiger partial charge in [-0.25, -0.2) is 10.8 Å². The summed E-state index contributed by atoms with van der Waals surface area (Å²) in [5, 5.41) is 0. The second-order valence-electron chi connectivity index (χ2n) is 4.25. The number of likely N-dealkylation sites (tertiary alicyclic amines) is 1. The first-order valence-corrected chi connectivity index (χ1v) is 5.84. The molecule has 0 amide bonds. The second-order valence-corrected chi connectivity index (χ2v) is 4.25. The molecule has 1 aromatic heterocycles. The third-order valence-electron chi connectivity index (χ3n) is 3.11. The van der Waals surface area contributed by atoms with Crippen molar-refractivity contribution in [3.05, 3.63) is 18.1 Å². The van der Waals surface area contributed by atoms with E-state index in [1.165, 1.54) is 0 Å². The van der Waals surface area contributed by atoms with Crippen molar-refractivity contribution in [1.82, 2.24) is 14.9 Å². The Morgan fingerprint density at radius 2 is 2.18 bits per heavy atom. The Morgan fingerprint density at radius 3 is 2.71 bits per heavy atom. The van der Waals surface area contributed by atoms with Crippen LogP contribution in [0.15, 0.2) is 12.4 Å². The van der Waals surface area contributed by atoms with Gasteiger partial charge in [0, 0.05) is 26.7 Å². The minimum Gasteiger partial charge on any atom is -0.381 e. The lowest BCUT2D eigenvalue weighted by Crippen LogP contribution is -2.36. The number of hydrogen-bond acceptors (Lipinski definition) is 6. The molecule has 0 bridgehead atoms. The van der Waals surface area contributed by atoms with Crippen LogP contribution in [0.25, 0.3) is 0 Å². The summed E-state index contributed by atoms with van der Waals surface area (Å²) in [4.78, 5) is 10.8. The van der Waals surface area contributed by atoms with Crippen LogP contribution in [0.3, 0.4) is 0 Å². The van der Waals surface area contributed by atoms with E-state index in [9.17, 15) is 0 Å². The Kier molecular flexibility index (Phi) is 4.24. The fourth-order valence-electron chi connectivity index (χ4n) is 2.04.